The first kappa shape index (κ1) is 18.9. The average molecular weight is 430 g/mol. The van der Waals surface area contributed by atoms with E-state index in [4.69, 9.17) is 11.6 Å². The Morgan fingerprint density at radius 3 is 1.69 bits per heavy atom. The van der Waals surface area contributed by atoms with Crippen molar-refractivity contribution in [2.75, 3.05) is 0 Å². The fourth-order valence-electron chi connectivity index (χ4n) is 4.61. The van der Waals surface area contributed by atoms with Crippen LogP contribution in [0.15, 0.2) is 121 Å². The molecule has 2 heteroatoms. The van der Waals surface area contributed by atoms with Crippen LogP contribution in [0.4, 0.5) is 0 Å². The molecule has 0 bridgehead atoms. The minimum atomic E-state index is 0.747. The predicted molar refractivity (Wildman–Crippen MR) is 137 cm³/mol. The molecule has 32 heavy (non-hydrogen) atoms. The van der Waals surface area contributed by atoms with Crippen LogP contribution >= 0.6 is 11.6 Å². The van der Waals surface area contributed by atoms with Crippen LogP contribution in [0, 0.1) is 0 Å². The molecule has 0 saturated heterocycles. The molecule has 0 saturated carbocycles. The highest BCUT2D eigenvalue weighted by Gasteiger charge is 2.14. The molecular formula is C30H20ClN. The molecule has 6 rings (SSSR count). The van der Waals surface area contributed by atoms with Gasteiger partial charge in [0.2, 0.25) is 0 Å². The van der Waals surface area contributed by atoms with Crippen molar-refractivity contribution < 1.29 is 0 Å². The van der Waals surface area contributed by atoms with E-state index >= 15 is 0 Å². The van der Waals surface area contributed by atoms with Gasteiger partial charge >= 0.3 is 0 Å². The van der Waals surface area contributed by atoms with Crippen LogP contribution in [-0.4, -0.2) is 4.57 Å². The fraction of sp³-hybridized carbons (Fsp3) is 0. The van der Waals surface area contributed by atoms with Crippen molar-refractivity contribution in [3.63, 3.8) is 0 Å². The Kier molecular flexibility index (Phi) is 4.56. The molecule has 0 N–H and O–H groups in total. The van der Waals surface area contributed by atoms with E-state index in [-0.39, 0.29) is 0 Å². The summed E-state index contributed by atoms with van der Waals surface area (Å²) >= 11 is 6.16. The second kappa shape index (κ2) is 7.71. The zero-order valence-corrected chi connectivity index (χ0v) is 18.1. The number of fused-ring (bicyclic) bond motifs is 3. The number of para-hydroxylation sites is 2. The van der Waals surface area contributed by atoms with E-state index in [9.17, 15) is 0 Å². The van der Waals surface area contributed by atoms with Gasteiger partial charge < -0.3 is 4.57 Å². The van der Waals surface area contributed by atoms with E-state index in [0.29, 0.717) is 0 Å². The molecule has 0 spiro atoms. The van der Waals surface area contributed by atoms with Gasteiger partial charge in [0.15, 0.2) is 0 Å². The molecule has 1 aromatic heterocycles. The lowest BCUT2D eigenvalue weighted by Crippen LogP contribution is -1.96. The predicted octanol–water partition coefficient (Wildman–Crippen LogP) is 8.77. The second-order valence-electron chi connectivity index (χ2n) is 7.97. The Hall–Kier alpha value is -3.81. The van der Waals surface area contributed by atoms with Gasteiger partial charge in [-0.25, -0.2) is 0 Å². The third-order valence-corrected chi connectivity index (χ3v) is 6.33. The first-order chi connectivity index (χ1) is 15.8. The van der Waals surface area contributed by atoms with E-state index in [1.165, 1.54) is 38.5 Å². The van der Waals surface area contributed by atoms with Gasteiger partial charge in [0.05, 0.1) is 11.0 Å². The maximum absolute atomic E-state index is 6.16. The lowest BCUT2D eigenvalue weighted by molar-refractivity contribution is 1.18. The van der Waals surface area contributed by atoms with Crippen molar-refractivity contribution >= 4 is 33.4 Å². The van der Waals surface area contributed by atoms with E-state index < -0.39 is 0 Å². The van der Waals surface area contributed by atoms with Crippen LogP contribution in [0.1, 0.15) is 0 Å². The van der Waals surface area contributed by atoms with Crippen LogP contribution in [-0.2, 0) is 0 Å². The molecule has 1 nitrogen and oxygen atoms in total. The van der Waals surface area contributed by atoms with E-state index in [0.717, 1.165) is 16.3 Å². The number of halogens is 1. The normalized spacial score (nSPS) is 11.3. The minimum Gasteiger partial charge on any atom is -0.309 e. The number of rotatable bonds is 3. The van der Waals surface area contributed by atoms with Crippen molar-refractivity contribution in [1.82, 2.24) is 4.57 Å². The smallest absolute Gasteiger partial charge is 0.0541 e. The first-order valence-corrected chi connectivity index (χ1v) is 11.1. The summed E-state index contributed by atoms with van der Waals surface area (Å²) in [6, 6.07) is 42.6. The molecule has 5 aromatic carbocycles. The molecule has 6 aromatic rings. The van der Waals surface area contributed by atoms with Crippen LogP contribution in [0.2, 0.25) is 5.02 Å². The Morgan fingerprint density at radius 1 is 0.469 bits per heavy atom. The van der Waals surface area contributed by atoms with Gasteiger partial charge in [0.1, 0.15) is 0 Å². The highest BCUT2D eigenvalue weighted by atomic mass is 35.5. The standard InChI is InChI=1S/C30H20ClN/c31-23-16-14-22(15-17-23)25-19-18-24(20-28(25)21-8-2-1-3-9-21)32-29-12-6-4-10-26(29)27-11-5-7-13-30(27)32/h1-20H. The largest absolute Gasteiger partial charge is 0.309 e. The number of aromatic nitrogens is 1. The summed E-state index contributed by atoms with van der Waals surface area (Å²) in [5.74, 6) is 0. The van der Waals surface area contributed by atoms with Gasteiger partial charge in [0, 0.05) is 21.5 Å². The second-order valence-corrected chi connectivity index (χ2v) is 8.41. The molecule has 0 radical (unpaired) electrons. The lowest BCUT2D eigenvalue weighted by Gasteiger charge is -2.15. The molecule has 0 amide bonds. The lowest BCUT2D eigenvalue weighted by atomic mass is 9.94. The van der Waals surface area contributed by atoms with Crippen LogP contribution in [0.5, 0.6) is 0 Å². The molecule has 0 aliphatic heterocycles. The minimum absolute atomic E-state index is 0.747. The summed E-state index contributed by atoms with van der Waals surface area (Å²) in [5.41, 5.74) is 8.32. The summed E-state index contributed by atoms with van der Waals surface area (Å²) in [6.45, 7) is 0. The number of nitrogens with zero attached hydrogens (tertiary/aromatic N) is 1. The van der Waals surface area contributed by atoms with Gasteiger partial charge in [-0.05, 0) is 58.7 Å². The van der Waals surface area contributed by atoms with Crippen molar-refractivity contribution in [3.8, 4) is 27.9 Å². The van der Waals surface area contributed by atoms with Crippen molar-refractivity contribution in [2.45, 2.75) is 0 Å². The zero-order chi connectivity index (χ0) is 21.5. The Morgan fingerprint density at radius 2 is 1.03 bits per heavy atom. The quantitative estimate of drug-likeness (QED) is 0.265. The van der Waals surface area contributed by atoms with Crippen LogP contribution in [0.25, 0.3) is 49.7 Å². The maximum atomic E-state index is 6.16. The van der Waals surface area contributed by atoms with Gasteiger partial charge in [-0.1, -0.05) is 96.5 Å². The van der Waals surface area contributed by atoms with Crippen molar-refractivity contribution in [2.24, 2.45) is 0 Å². The number of hydrogen-bond donors (Lipinski definition) is 0. The molecule has 0 fully saturated rings. The van der Waals surface area contributed by atoms with Gasteiger partial charge in [0.25, 0.3) is 0 Å². The molecule has 0 aliphatic rings. The first-order valence-electron chi connectivity index (χ1n) is 10.7. The summed E-state index contributed by atoms with van der Waals surface area (Å²) in [4.78, 5) is 0. The molecular weight excluding hydrogens is 410 g/mol. The van der Waals surface area contributed by atoms with E-state index in [2.05, 4.69) is 114 Å². The summed E-state index contributed by atoms with van der Waals surface area (Å²) in [7, 11) is 0. The summed E-state index contributed by atoms with van der Waals surface area (Å²) < 4.78 is 2.36. The SMILES string of the molecule is Clc1ccc(-c2ccc(-n3c4ccccc4c4ccccc43)cc2-c2ccccc2)cc1. The average Bonchev–Trinajstić information content (AvgIpc) is 3.19. The zero-order valence-electron chi connectivity index (χ0n) is 17.4. The Labute approximate surface area is 192 Å². The van der Waals surface area contributed by atoms with E-state index in [1.54, 1.807) is 0 Å². The maximum Gasteiger partial charge on any atom is 0.0541 e. The highest BCUT2D eigenvalue weighted by molar-refractivity contribution is 6.30. The molecule has 1 heterocycles. The highest BCUT2D eigenvalue weighted by Crippen LogP contribution is 2.37. The Bertz CT molecular complexity index is 1510. The summed E-state index contributed by atoms with van der Waals surface area (Å²) in [6.07, 6.45) is 0. The molecule has 152 valence electrons. The summed E-state index contributed by atoms with van der Waals surface area (Å²) in [5, 5.41) is 3.29. The topological polar surface area (TPSA) is 4.93 Å². The monoisotopic (exact) mass is 429 g/mol. The van der Waals surface area contributed by atoms with Crippen molar-refractivity contribution in [1.29, 1.82) is 0 Å². The fourth-order valence-corrected chi connectivity index (χ4v) is 4.74. The third-order valence-electron chi connectivity index (χ3n) is 6.08. The van der Waals surface area contributed by atoms with Crippen LogP contribution < -0.4 is 0 Å². The van der Waals surface area contributed by atoms with Gasteiger partial charge in [-0.2, -0.15) is 0 Å². The van der Waals surface area contributed by atoms with Gasteiger partial charge in [-0.15, -0.1) is 0 Å². The van der Waals surface area contributed by atoms with E-state index in [1.807, 2.05) is 12.1 Å². The molecule has 0 atom stereocenters. The molecule has 0 aliphatic carbocycles. The van der Waals surface area contributed by atoms with Crippen LogP contribution in [0.3, 0.4) is 0 Å². The Balaban J connectivity index is 1.65. The third kappa shape index (κ3) is 3.10. The van der Waals surface area contributed by atoms with Crippen molar-refractivity contribution in [3.05, 3.63) is 126 Å². The number of hydrogen-bond acceptors (Lipinski definition) is 0. The molecule has 0 unspecified atom stereocenters. The van der Waals surface area contributed by atoms with Gasteiger partial charge in [-0.3, -0.25) is 0 Å². The number of benzene rings is 5.